The van der Waals surface area contributed by atoms with Crippen molar-refractivity contribution in [2.75, 3.05) is 11.6 Å². The molecule has 0 aliphatic rings. The van der Waals surface area contributed by atoms with E-state index in [0.717, 1.165) is 23.5 Å². The van der Waals surface area contributed by atoms with Crippen molar-refractivity contribution in [3.05, 3.63) is 47.3 Å². The van der Waals surface area contributed by atoms with Gasteiger partial charge in [0, 0.05) is 29.9 Å². The molecule has 19 heavy (non-hydrogen) atoms. The summed E-state index contributed by atoms with van der Waals surface area (Å²) >= 11 is 1.73. The van der Waals surface area contributed by atoms with Crippen molar-refractivity contribution in [2.45, 2.75) is 18.4 Å². The van der Waals surface area contributed by atoms with Crippen LogP contribution in [0.3, 0.4) is 0 Å². The van der Waals surface area contributed by atoms with Gasteiger partial charge >= 0.3 is 0 Å². The summed E-state index contributed by atoms with van der Waals surface area (Å²) in [6, 6.07) is 12.4. The van der Waals surface area contributed by atoms with Crippen LogP contribution in [0.2, 0.25) is 0 Å². The summed E-state index contributed by atoms with van der Waals surface area (Å²) in [4.78, 5) is 1.23. The highest BCUT2D eigenvalue weighted by Crippen LogP contribution is 2.25. The second-order valence-corrected chi connectivity index (χ2v) is 5.21. The SMILES string of the molecule is CSc1ccccc1NCc1cc(C#N)n(C)c1C. The standard InChI is InChI=1S/C15H17N3S/c1-11-12(8-13(9-16)18(11)2)10-17-14-6-4-5-7-15(14)19-3/h4-8,17H,10H2,1-3H3. The van der Waals surface area contributed by atoms with Gasteiger partial charge in [0.25, 0.3) is 0 Å². The van der Waals surface area contributed by atoms with Gasteiger partial charge in [-0.25, -0.2) is 0 Å². The minimum atomic E-state index is 0.701. The largest absolute Gasteiger partial charge is 0.380 e. The van der Waals surface area contributed by atoms with Crippen molar-refractivity contribution in [1.82, 2.24) is 4.57 Å². The molecule has 0 saturated heterocycles. The van der Waals surface area contributed by atoms with Crippen LogP contribution < -0.4 is 5.32 Å². The summed E-state index contributed by atoms with van der Waals surface area (Å²) in [5.74, 6) is 0. The van der Waals surface area contributed by atoms with Crippen LogP contribution in [0.5, 0.6) is 0 Å². The number of benzene rings is 1. The second kappa shape index (κ2) is 5.85. The van der Waals surface area contributed by atoms with E-state index in [2.05, 4.69) is 29.8 Å². The summed E-state index contributed by atoms with van der Waals surface area (Å²) in [5, 5.41) is 12.5. The van der Waals surface area contributed by atoms with Crippen LogP contribution in [0.4, 0.5) is 5.69 Å². The Balaban J connectivity index is 2.17. The fourth-order valence-corrected chi connectivity index (χ4v) is 2.60. The normalized spacial score (nSPS) is 10.2. The zero-order valence-corrected chi connectivity index (χ0v) is 12.2. The fraction of sp³-hybridized carbons (Fsp3) is 0.267. The van der Waals surface area contributed by atoms with Crippen molar-refractivity contribution in [3.8, 4) is 6.07 Å². The van der Waals surface area contributed by atoms with Gasteiger partial charge in [0.1, 0.15) is 11.8 Å². The van der Waals surface area contributed by atoms with Gasteiger partial charge in [-0.3, -0.25) is 0 Å². The highest BCUT2D eigenvalue weighted by molar-refractivity contribution is 7.98. The molecule has 1 N–H and O–H groups in total. The number of anilines is 1. The number of para-hydroxylation sites is 1. The molecule has 2 rings (SSSR count). The number of nitrogens with one attached hydrogen (secondary N) is 1. The first-order valence-electron chi connectivity index (χ1n) is 6.09. The number of hydrogen-bond donors (Lipinski definition) is 1. The molecular weight excluding hydrogens is 254 g/mol. The van der Waals surface area contributed by atoms with E-state index in [-0.39, 0.29) is 0 Å². The van der Waals surface area contributed by atoms with Gasteiger partial charge in [-0.1, -0.05) is 12.1 Å². The van der Waals surface area contributed by atoms with Gasteiger partial charge < -0.3 is 9.88 Å². The highest BCUT2D eigenvalue weighted by Gasteiger charge is 2.08. The Morgan fingerprint density at radius 3 is 2.74 bits per heavy atom. The predicted molar refractivity (Wildman–Crippen MR) is 80.4 cm³/mol. The number of thioether (sulfide) groups is 1. The molecule has 0 bridgehead atoms. The van der Waals surface area contributed by atoms with Crippen LogP contribution in [0.15, 0.2) is 35.2 Å². The van der Waals surface area contributed by atoms with Crippen LogP contribution in [-0.2, 0) is 13.6 Å². The van der Waals surface area contributed by atoms with Crippen molar-refractivity contribution < 1.29 is 0 Å². The molecule has 0 aliphatic heterocycles. The Labute approximate surface area is 118 Å². The molecule has 0 fully saturated rings. The number of aromatic nitrogens is 1. The Bertz CT molecular complexity index is 623. The smallest absolute Gasteiger partial charge is 0.120 e. The number of rotatable bonds is 4. The van der Waals surface area contributed by atoms with Gasteiger partial charge in [-0.05, 0) is 36.9 Å². The van der Waals surface area contributed by atoms with E-state index in [1.807, 2.05) is 36.7 Å². The Kier molecular flexibility index (Phi) is 4.18. The molecule has 1 aromatic heterocycles. The molecule has 2 aromatic rings. The maximum absolute atomic E-state index is 9.03. The molecular formula is C15H17N3S. The van der Waals surface area contributed by atoms with E-state index in [0.29, 0.717) is 5.69 Å². The van der Waals surface area contributed by atoms with E-state index in [1.54, 1.807) is 11.8 Å². The lowest BCUT2D eigenvalue weighted by atomic mass is 10.2. The molecule has 0 spiro atoms. The Morgan fingerprint density at radius 2 is 2.11 bits per heavy atom. The topological polar surface area (TPSA) is 40.8 Å². The summed E-state index contributed by atoms with van der Waals surface area (Å²) in [6.45, 7) is 2.78. The first kappa shape index (κ1) is 13.6. The van der Waals surface area contributed by atoms with E-state index in [9.17, 15) is 0 Å². The molecule has 0 aliphatic carbocycles. The lowest BCUT2D eigenvalue weighted by Crippen LogP contribution is -2.02. The zero-order chi connectivity index (χ0) is 13.8. The van der Waals surface area contributed by atoms with Crippen LogP contribution in [0, 0.1) is 18.3 Å². The van der Waals surface area contributed by atoms with E-state index < -0.39 is 0 Å². The van der Waals surface area contributed by atoms with Gasteiger partial charge in [0.15, 0.2) is 0 Å². The average Bonchev–Trinajstić information content (AvgIpc) is 2.73. The van der Waals surface area contributed by atoms with Crippen LogP contribution in [0.25, 0.3) is 0 Å². The fourth-order valence-electron chi connectivity index (χ4n) is 2.03. The third-order valence-electron chi connectivity index (χ3n) is 3.33. The highest BCUT2D eigenvalue weighted by atomic mass is 32.2. The van der Waals surface area contributed by atoms with Crippen LogP contribution >= 0.6 is 11.8 Å². The molecule has 98 valence electrons. The van der Waals surface area contributed by atoms with Crippen molar-refractivity contribution in [1.29, 1.82) is 5.26 Å². The molecule has 0 amide bonds. The molecule has 0 atom stereocenters. The molecule has 4 heteroatoms. The molecule has 1 heterocycles. The van der Waals surface area contributed by atoms with E-state index in [4.69, 9.17) is 5.26 Å². The summed E-state index contributed by atoms with van der Waals surface area (Å²) < 4.78 is 1.93. The minimum absolute atomic E-state index is 0.701. The Hall–Kier alpha value is -1.86. The lowest BCUT2D eigenvalue weighted by molar-refractivity contribution is 0.856. The lowest BCUT2D eigenvalue weighted by Gasteiger charge is -2.10. The predicted octanol–water partition coefficient (Wildman–Crippen LogP) is 3.54. The Morgan fingerprint density at radius 1 is 1.37 bits per heavy atom. The van der Waals surface area contributed by atoms with E-state index >= 15 is 0 Å². The number of nitriles is 1. The van der Waals surface area contributed by atoms with Gasteiger partial charge in [-0.2, -0.15) is 5.26 Å². The molecule has 0 radical (unpaired) electrons. The van der Waals surface area contributed by atoms with Crippen LogP contribution in [-0.4, -0.2) is 10.8 Å². The van der Waals surface area contributed by atoms with Gasteiger partial charge in [0.2, 0.25) is 0 Å². The molecule has 1 aromatic carbocycles. The van der Waals surface area contributed by atoms with Crippen LogP contribution in [0.1, 0.15) is 17.0 Å². The molecule has 0 saturated carbocycles. The number of hydrogen-bond acceptors (Lipinski definition) is 3. The van der Waals surface area contributed by atoms with Gasteiger partial charge in [0.05, 0.1) is 0 Å². The average molecular weight is 271 g/mol. The quantitative estimate of drug-likeness (QED) is 0.865. The number of nitrogens with zero attached hydrogens (tertiary/aromatic N) is 2. The zero-order valence-electron chi connectivity index (χ0n) is 11.4. The first-order chi connectivity index (χ1) is 9.17. The minimum Gasteiger partial charge on any atom is -0.380 e. The molecule has 0 unspecified atom stereocenters. The van der Waals surface area contributed by atoms with E-state index in [1.165, 1.54) is 4.90 Å². The second-order valence-electron chi connectivity index (χ2n) is 4.36. The van der Waals surface area contributed by atoms with Gasteiger partial charge in [-0.15, -0.1) is 11.8 Å². The summed E-state index contributed by atoms with van der Waals surface area (Å²) in [5.41, 5.74) is 4.13. The third kappa shape index (κ3) is 2.77. The molecule has 3 nitrogen and oxygen atoms in total. The van der Waals surface area contributed by atoms with Crippen molar-refractivity contribution in [2.24, 2.45) is 7.05 Å². The maximum Gasteiger partial charge on any atom is 0.120 e. The maximum atomic E-state index is 9.03. The monoisotopic (exact) mass is 271 g/mol. The summed E-state index contributed by atoms with van der Waals surface area (Å²) in [7, 11) is 1.92. The first-order valence-corrected chi connectivity index (χ1v) is 7.32. The third-order valence-corrected chi connectivity index (χ3v) is 4.13. The van der Waals surface area contributed by atoms with Crippen molar-refractivity contribution in [3.63, 3.8) is 0 Å². The summed E-state index contributed by atoms with van der Waals surface area (Å²) in [6.07, 6.45) is 2.07. The van der Waals surface area contributed by atoms with Crippen molar-refractivity contribution >= 4 is 17.4 Å².